The van der Waals surface area contributed by atoms with E-state index in [1.165, 1.54) is 148 Å². The van der Waals surface area contributed by atoms with Crippen molar-refractivity contribution in [3.63, 3.8) is 0 Å². The highest BCUT2D eigenvalue weighted by Crippen LogP contribution is 2.45. The summed E-state index contributed by atoms with van der Waals surface area (Å²) in [7, 11) is -9.97. The number of rotatable bonds is 77. The molecule has 0 aliphatic heterocycles. The molecule has 102 heavy (non-hydrogen) atoms. The number of ether oxygens (including phenoxy) is 4. The van der Waals surface area contributed by atoms with Gasteiger partial charge < -0.3 is 33.8 Å². The highest BCUT2D eigenvalue weighted by Gasteiger charge is 2.30. The molecule has 0 aliphatic carbocycles. The smallest absolute Gasteiger partial charge is 0.462 e. The van der Waals surface area contributed by atoms with E-state index in [-0.39, 0.29) is 25.7 Å². The third kappa shape index (κ3) is 74.5. The fourth-order valence-electron chi connectivity index (χ4n) is 11.1. The minimum Gasteiger partial charge on any atom is -0.462 e. The lowest BCUT2D eigenvalue weighted by atomic mass is 10.0. The average Bonchev–Trinajstić information content (AvgIpc) is 0.923. The van der Waals surface area contributed by atoms with Gasteiger partial charge in [-0.05, 0) is 122 Å². The molecule has 0 saturated heterocycles. The standard InChI is InChI=1S/C83H148O17P2/c1-5-9-13-17-21-25-29-33-37-38-42-44-48-52-56-60-64-68-81(86)94-74-79(100-83(88)70-66-62-58-54-50-46-41-36-32-28-24-20-16-12-8-4)76-98-102(91,92)96-72-77(84)71-95-101(89,90)97-75-78(99-82(87)69-65-61-57-53-49-45-40-35-31-27-23-19-15-11-7-3)73-93-80(85)67-63-59-55-51-47-43-39-34-30-26-22-18-14-10-6-2/h21,24-25,28,33,35-37,40-42,44,52,56,77-79,84H,5-20,22-23,26-27,29-32,34,38-39,43,45-51,53-55,57-76H2,1-4H3,(H,89,90)(H,91,92)/b25-21-,28-24-,37-33-,40-35-,41-36-,44-42-,56-52-/t77-,78-,79-/m1/s1. The van der Waals surface area contributed by atoms with Gasteiger partial charge in [-0.25, -0.2) is 9.13 Å². The first kappa shape index (κ1) is 98.2. The van der Waals surface area contributed by atoms with Crippen LogP contribution in [-0.2, 0) is 65.4 Å². The highest BCUT2D eigenvalue weighted by molar-refractivity contribution is 7.47. The molecule has 592 valence electrons. The lowest BCUT2D eigenvalue weighted by molar-refractivity contribution is -0.161. The second-order valence-corrected chi connectivity index (χ2v) is 30.3. The molecular formula is C83H148O17P2. The van der Waals surface area contributed by atoms with Gasteiger partial charge in [0.25, 0.3) is 0 Å². The van der Waals surface area contributed by atoms with Crippen molar-refractivity contribution >= 4 is 39.5 Å². The maximum atomic E-state index is 13.1. The van der Waals surface area contributed by atoms with Crippen molar-refractivity contribution in [2.24, 2.45) is 0 Å². The van der Waals surface area contributed by atoms with Crippen molar-refractivity contribution in [3.05, 3.63) is 85.1 Å². The van der Waals surface area contributed by atoms with Crippen molar-refractivity contribution in [2.45, 2.75) is 380 Å². The molecule has 19 heteroatoms. The van der Waals surface area contributed by atoms with E-state index in [1.54, 1.807) is 0 Å². The topological polar surface area (TPSA) is 237 Å². The Labute approximate surface area is 621 Å². The number of phosphoric ester groups is 2. The first-order valence-electron chi connectivity index (χ1n) is 40.8. The van der Waals surface area contributed by atoms with E-state index in [4.69, 9.17) is 37.0 Å². The van der Waals surface area contributed by atoms with Crippen LogP contribution in [0.2, 0.25) is 0 Å². The van der Waals surface area contributed by atoms with Crippen LogP contribution >= 0.6 is 15.6 Å². The molecule has 0 spiro atoms. The fourth-order valence-corrected chi connectivity index (χ4v) is 12.6. The van der Waals surface area contributed by atoms with Crippen molar-refractivity contribution in [3.8, 4) is 0 Å². The first-order chi connectivity index (χ1) is 49.7. The van der Waals surface area contributed by atoms with Gasteiger partial charge in [0.15, 0.2) is 12.2 Å². The summed E-state index contributed by atoms with van der Waals surface area (Å²) in [6.07, 6.45) is 78.4. The number of hydrogen-bond donors (Lipinski definition) is 3. The summed E-state index contributed by atoms with van der Waals surface area (Å²) in [5.74, 6) is -2.24. The van der Waals surface area contributed by atoms with Crippen LogP contribution in [0.5, 0.6) is 0 Å². The van der Waals surface area contributed by atoms with Crippen LogP contribution in [0, 0.1) is 0 Å². The van der Waals surface area contributed by atoms with Crippen molar-refractivity contribution < 1.29 is 80.2 Å². The lowest BCUT2D eigenvalue weighted by Crippen LogP contribution is -2.30. The largest absolute Gasteiger partial charge is 0.472 e. The number of aliphatic hydroxyl groups is 1. The molecule has 0 aliphatic rings. The van der Waals surface area contributed by atoms with Crippen molar-refractivity contribution in [2.75, 3.05) is 39.6 Å². The van der Waals surface area contributed by atoms with E-state index < -0.39 is 97.5 Å². The SMILES string of the molecule is CCCCC/C=C\C/C=C\C/C=C\C/C=C\CCCC(=O)OC[C@H](COP(=O)(O)OC[C@H](O)COP(=O)(O)OC[C@@H](COC(=O)CCCCCCCCCCCCCCCCC)OC(=O)CCCCCCC/C=C\CCCCCCCC)OC(=O)CCCCCCC/C=C\C/C=C\CCCCC. The van der Waals surface area contributed by atoms with Crippen LogP contribution in [0.4, 0.5) is 0 Å². The monoisotopic (exact) mass is 1480 g/mol. The van der Waals surface area contributed by atoms with Crippen LogP contribution in [-0.4, -0.2) is 96.7 Å². The van der Waals surface area contributed by atoms with Gasteiger partial charge in [-0.15, -0.1) is 0 Å². The Balaban J connectivity index is 5.40. The molecule has 0 bridgehead atoms. The third-order valence-corrected chi connectivity index (χ3v) is 19.2. The molecule has 0 aromatic heterocycles. The molecule has 0 amide bonds. The van der Waals surface area contributed by atoms with Gasteiger partial charge in [0.2, 0.25) is 0 Å². The molecular weight excluding hydrogens is 1330 g/mol. The van der Waals surface area contributed by atoms with E-state index in [9.17, 15) is 43.2 Å². The van der Waals surface area contributed by atoms with Gasteiger partial charge in [0.05, 0.1) is 26.4 Å². The number of aliphatic hydroxyl groups excluding tert-OH is 1. The Morgan fingerprint density at radius 2 is 0.490 bits per heavy atom. The van der Waals surface area contributed by atoms with E-state index in [0.717, 1.165) is 128 Å². The summed E-state index contributed by atoms with van der Waals surface area (Å²) in [5.41, 5.74) is 0. The molecule has 5 atom stereocenters. The number of phosphoric acid groups is 2. The Kier molecular flexibility index (Phi) is 72.7. The van der Waals surface area contributed by atoms with Crippen LogP contribution in [0.3, 0.4) is 0 Å². The summed E-state index contributed by atoms with van der Waals surface area (Å²) in [5, 5.41) is 10.6. The molecule has 0 fully saturated rings. The van der Waals surface area contributed by atoms with E-state index >= 15 is 0 Å². The van der Waals surface area contributed by atoms with Crippen LogP contribution in [0.1, 0.15) is 362 Å². The fraction of sp³-hybridized carbons (Fsp3) is 0.783. The number of allylic oxidation sites excluding steroid dienone is 14. The molecule has 0 rings (SSSR count). The third-order valence-electron chi connectivity index (χ3n) is 17.3. The van der Waals surface area contributed by atoms with Crippen LogP contribution in [0.15, 0.2) is 85.1 Å². The lowest BCUT2D eigenvalue weighted by Gasteiger charge is -2.21. The minimum atomic E-state index is -4.99. The van der Waals surface area contributed by atoms with Gasteiger partial charge in [0, 0.05) is 25.7 Å². The van der Waals surface area contributed by atoms with Gasteiger partial charge in [-0.1, -0.05) is 299 Å². The van der Waals surface area contributed by atoms with Crippen molar-refractivity contribution in [1.82, 2.24) is 0 Å². The van der Waals surface area contributed by atoms with Gasteiger partial charge in [-0.2, -0.15) is 0 Å². The van der Waals surface area contributed by atoms with Crippen LogP contribution in [0.25, 0.3) is 0 Å². The van der Waals surface area contributed by atoms with Gasteiger partial charge >= 0.3 is 39.5 Å². The van der Waals surface area contributed by atoms with Crippen molar-refractivity contribution in [1.29, 1.82) is 0 Å². The number of hydrogen-bond acceptors (Lipinski definition) is 15. The predicted octanol–water partition coefficient (Wildman–Crippen LogP) is 23.8. The van der Waals surface area contributed by atoms with Gasteiger partial charge in [0.1, 0.15) is 19.3 Å². The molecule has 0 aromatic rings. The summed E-state index contributed by atoms with van der Waals surface area (Å²) in [4.78, 5) is 73.0. The summed E-state index contributed by atoms with van der Waals surface area (Å²) < 4.78 is 68.6. The zero-order chi connectivity index (χ0) is 74.6. The molecule has 17 nitrogen and oxygen atoms in total. The van der Waals surface area contributed by atoms with Gasteiger partial charge in [-0.3, -0.25) is 37.3 Å². The number of unbranched alkanes of at least 4 members (excludes halogenated alkanes) is 37. The second-order valence-electron chi connectivity index (χ2n) is 27.4. The zero-order valence-corrected chi connectivity index (χ0v) is 66.6. The maximum Gasteiger partial charge on any atom is 0.472 e. The van der Waals surface area contributed by atoms with E-state index in [0.29, 0.717) is 32.1 Å². The summed E-state index contributed by atoms with van der Waals surface area (Å²) in [6, 6.07) is 0. The first-order valence-corrected chi connectivity index (χ1v) is 43.8. The Morgan fingerprint density at radius 1 is 0.275 bits per heavy atom. The highest BCUT2D eigenvalue weighted by atomic mass is 31.2. The number of carbonyl (C=O) groups is 4. The average molecular weight is 1480 g/mol. The van der Waals surface area contributed by atoms with E-state index in [1.807, 2.05) is 12.2 Å². The minimum absolute atomic E-state index is 0.0684. The second kappa shape index (κ2) is 75.5. The molecule has 0 aromatic carbocycles. The summed E-state index contributed by atoms with van der Waals surface area (Å²) >= 11 is 0. The molecule has 0 heterocycles. The molecule has 0 radical (unpaired) electrons. The number of esters is 4. The number of carbonyl (C=O) groups excluding carboxylic acids is 4. The maximum absolute atomic E-state index is 13.1. The van der Waals surface area contributed by atoms with E-state index in [2.05, 4.69) is 101 Å². The Morgan fingerprint density at radius 3 is 0.804 bits per heavy atom. The predicted molar refractivity (Wildman–Crippen MR) is 418 cm³/mol. The molecule has 2 unspecified atom stereocenters. The quantitative estimate of drug-likeness (QED) is 0.0169. The van der Waals surface area contributed by atoms with Crippen LogP contribution < -0.4 is 0 Å². The zero-order valence-electron chi connectivity index (χ0n) is 64.8. The normalized spacial score (nSPS) is 14.3. The molecule has 0 saturated carbocycles. The summed E-state index contributed by atoms with van der Waals surface area (Å²) in [6.45, 7) is 4.79. The molecule has 3 N–H and O–H groups in total. The Bertz CT molecular complexity index is 2260. The Hall–Kier alpha value is -3.76.